The molecular formula is C15H16ClNO2. The van der Waals surface area contributed by atoms with Gasteiger partial charge in [-0.05, 0) is 29.8 Å². The van der Waals surface area contributed by atoms with E-state index >= 15 is 0 Å². The predicted molar refractivity (Wildman–Crippen MR) is 77.4 cm³/mol. The first-order chi connectivity index (χ1) is 9.19. The van der Waals surface area contributed by atoms with Crippen molar-refractivity contribution in [2.24, 2.45) is 0 Å². The van der Waals surface area contributed by atoms with Crippen LogP contribution in [-0.4, -0.2) is 7.11 Å². The molecule has 0 heterocycles. The van der Waals surface area contributed by atoms with E-state index in [1.807, 2.05) is 30.3 Å². The third-order valence-electron chi connectivity index (χ3n) is 2.71. The molecule has 2 N–H and O–H groups in total. The number of halogens is 1. The highest BCUT2D eigenvalue weighted by molar-refractivity contribution is 6.30. The molecule has 2 rings (SSSR count). The van der Waals surface area contributed by atoms with Crippen LogP contribution in [0.5, 0.6) is 5.75 Å². The van der Waals surface area contributed by atoms with E-state index < -0.39 is 0 Å². The average molecular weight is 278 g/mol. The molecule has 4 heteroatoms. The van der Waals surface area contributed by atoms with Gasteiger partial charge in [0, 0.05) is 23.4 Å². The summed E-state index contributed by atoms with van der Waals surface area (Å²) in [6, 6.07) is 13.2. The molecule has 2 aromatic rings. The van der Waals surface area contributed by atoms with Gasteiger partial charge in [0.1, 0.15) is 12.4 Å². The van der Waals surface area contributed by atoms with E-state index in [4.69, 9.17) is 26.8 Å². The van der Waals surface area contributed by atoms with Gasteiger partial charge >= 0.3 is 0 Å². The van der Waals surface area contributed by atoms with E-state index in [0.29, 0.717) is 23.9 Å². The van der Waals surface area contributed by atoms with Crippen LogP contribution in [0.2, 0.25) is 5.02 Å². The van der Waals surface area contributed by atoms with Gasteiger partial charge in [-0.15, -0.1) is 0 Å². The zero-order chi connectivity index (χ0) is 13.7. The summed E-state index contributed by atoms with van der Waals surface area (Å²) in [4.78, 5) is 0. The Balaban J connectivity index is 2.03. The number of hydrogen-bond acceptors (Lipinski definition) is 3. The van der Waals surface area contributed by atoms with Gasteiger partial charge < -0.3 is 15.2 Å². The van der Waals surface area contributed by atoms with Crippen LogP contribution < -0.4 is 10.5 Å². The molecule has 0 atom stereocenters. The van der Waals surface area contributed by atoms with E-state index in [2.05, 4.69) is 0 Å². The molecule has 0 spiro atoms. The molecule has 0 saturated carbocycles. The highest BCUT2D eigenvalue weighted by atomic mass is 35.5. The number of nitrogens with two attached hydrogens (primary N) is 1. The Bertz CT molecular complexity index is 558. The molecule has 0 radical (unpaired) electrons. The van der Waals surface area contributed by atoms with E-state index in [-0.39, 0.29) is 0 Å². The average Bonchev–Trinajstić information content (AvgIpc) is 2.38. The van der Waals surface area contributed by atoms with E-state index in [1.165, 1.54) is 0 Å². The Morgan fingerprint density at radius 1 is 1.11 bits per heavy atom. The third kappa shape index (κ3) is 3.88. The topological polar surface area (TPSA) is 44.5 Å². The second-order valence-electron chi connectivity index (χ2n) is 4.21. The lowest BCUT2D eigenvalue weighted by molar-refractivity contribution is 0.184. The van der Waals surface area contributed by atoms with Crippen molar-refractivity contribution in [2.45, 2.75) is 13.2 Å². The van der Waals surface area contributed by atoms with Crippen LogP contribution in [0.4, 0.5) is 5.69 Å². The minimum atomic E-state index is 0.416. The van der Waals surface area contributed by atoms with Crippen molar-refractivity contribution in [3.63, 3.8) is 0 Å². The molecule has 0 aliphatic heterocycles. The number of ether oxygens (including phenoxy) is 2. The summed E-state index contributed by atoms with van der Waals surface area (Å²) in [5, 5.41) is 0.628. The second kappa shape index (κ2) is 6.45. The lowest BCUT2D eigenvalue weighted by Crippen LogP contribution is -2.00. The second-order valence-corrected chi connectivity index (χ2v) is 4.65. The van der Waals surface area contributed by atoms with Crippen molar-refractivity contribution in [3.05, 3.63) is 58.6 Å². The summed E-state index contributed by atoms with van der Waals surface area (Å²) in [5.41, 5.74) is 8.51. The van der Waals surface area contributed by atoms with Gasteiger partial charge in [0.25, 0.3) is 0 Å². The van der Waals surface area contributed by atoms with Crippen LogP contribution in [-0.2, 0) is 18.0 Å². The minimum absolute atomic E-state index is 0.416. The van der Waals surface area contributed by atoms with Crippen LogP contribution in [0, 0.1) is 0 Å². The molecule has 0 aliphatic rings. The van der Waals surface area contributed by atoms with Gasteiger partial charge in [-0.1, -0.05) is 29.8 Å². The fraction of sp³-hybridized carbons (Fsp3) is 0.200. The first kappa shape index (κ1) is 13.7. The maximum absolute atomic E-state index is 5.88. The van der Waals surface area contributed by atoms with Crippen molar-refractivity contribution in [3.8, 4) is 5.75 Å². The summed E-state index contributed by atoms with van der Waals surface area (Å²) in [5.74, 6) is 0.795. The van der Waals surface area contributed by atoms with Crippen LogP contribution in [0.3, 0.4) is 0 Å². The fourth-order valence-corrected chi connectivity index (χ4v) is 1.93. The van der Waals surface area contributed by atoms with Crippen LogP contribution >= 0.6 is 11.6 Å². The quantitative estimate of drug-likeness (QED) is 0.849. The van der Waals surface area contributed by atoms with Crippen molar-refractivity contribution in [1.29, 1.82) is 0 Å². The molecule has 0 aromatic heterocycles. The normalized spacial score (nSPS) is 10.4. The van der Waals surface area contributed by atoms with Crippen LogP contribution in [0.15, 0.2) is 42.5 Å². The van der Waals surface area contributed by atoms with Crippen LogP contribution in [0.1, 0.15) is 11.1 Å². The van der Waals surface area contributed by atoms with Crippen molar-refractivity contribution >= 4 is 17.3 Å². The van der Waals surface area contributed by atoms with Crippen molar-refractivity contribution in [2.75, 3.05) is 12.8 Å². The van der Waals surface area contributed by atoms with Gasteiger partial charge in [-0.25, -0.2) is 0 Å². The summed E-state index contributed by atoms with van der Waals surface area (Å²) in [6.45, 7) is 0.986. The Labute approximate surface area is 117 Å². The lowest BCUT2D eigenvalue weighted by atomic mass is 10.2. The van der Waals surface area contributed by atoms with Crippen molar-refractivity contribution < 1.29 is 9.47 Å². The summed E-state index contributed by atoms with van der Waals surface area (Å²) >= 11 is 5.85. The number of hydrogen-bond donors (Lipinski definition) is 1. The Morgan fingerprint density at radius 3 is 2.68 bits per heavy atom. The van der Waals surface area contributed by atoms with Crippen LogP contribution in [0.25, 0.3) is 0 Å². The number of methoxy groups -OCH3 is 1. The summed E-state index contributed by atoms with van der Waals surface area (Å²) < 4.78 is 10.8. The van der Waals surface area contributed by atoms with Gasteiger partial charge in [0.05, 0.1) is 6.61 Å². The molecule has 0 amide bonds. The molecule has 0 saturated heterocycles. The van der Waals surface area contributed by atoms with Crippen molar-refractivity contribution in [1.82, 2.24) is 0 Å². The lowest BCUT2D eigenvalue weighted by Gasteiger charge is -2.10. The Kier molecular flexibility index (Phi) is 4.66. The molecule has 0 unspecified atom stereocenters. The first-order valence-electron chi connectivity index (χ1n) is 5.93. The zero-order valence-electron chi connectivity index (χ0n) is 10.7. The SMILES string of the molecule is COCc1cccc(OCc2ccc(Cl)cc2N)c1. The maximum Gasteiger partial charge on any atom is 0.120 e. The van der Waals surface area contributed by atoms with Gasteiger partial charge in [0.2, 0.25) is 0 Å². The predicted octanol–water partition coefficient (Wildman–Crippen LogP) is 3.65. The maximum atomic E-state index is 5.88. The van der Waals surface area contributed by atoms with E-state index in [1.54, 1.807) is 19.2 Å². The Morgan fingerprint density at radius 2 is 1.95 bits per heavy atom. The number of rotatable bonds is 5. The summed E-state index contributed by atoms with van der Waals surface area (Å²) in [7, 11) is 1.67. The van der Waals surface area contributed by atoms with E-state index in [9.17, 15) is 0 Å². The zero-order valence-corrected chi connectivity index (χ0v) is 11.5. The molecule has 0 fully saturated rings. The fourth-order valence-electron chi connectivity index (χ4n) is 1.75. The molecular weight excluding hydrogens is 262 g/mol. The molecule has 0 aliphatic carbocycles. The molecule has 3 nitrogen and oxygen atoms in total. The number of nitrogen functional groups attached to an aromatic ring is 1. The van der Waals surface area contributed by atoms with Gasteiger partial charge in [-0.2, -0.15) is 0 Å². The summed E-state index contributed by atoms with van der Waals surface area (Å²) in [6.07, 6.45) is 0. The van der Waals surface area contributed by atoms with Gasteiger partial charge in [-0.3, -0.25) is 0 Å². The molecule has 19 heavy (non-hydrogen) atoms. The molecule has 2 aromatic carbocycles. The molecule has 100 valence electrons. The Hall–Kier alpha value is -1.71. The number of benzene rings is 2. The minimum Gasteiger partial charge on any atom is -0.489 e. The monoisotopic (exact) mass is 277 g/mol. The van der Waals surface area contributed by atoms with Gasteiger partial charge in [0.15, 0.2) is 0 Å². The highest BCUT2D eigenvalue weighted by Gasteiger charge is 2.02. The smallest absolute Gasteiger partial charge is 0.120 e. The third-order valence-corrected chi connectivity index (χ3v) is 2.95. The number of anilines is 1. The molecule has 0 bridgehead atoms. The largest absolute Gasteiger partial charge is 0.489 e. The highest BCUT2D eigenvalue weighted by Crippen LogP contribution is 2.21. The first-order valence-corrected chi connectivity index (χ1v) is 6.31. The standard InChI is InChI=1S/C15H16ClNO2/c1-18-9-11-3-2-4-14(7-11)19-10-12-5-6-13(16)8-15(12)17/h2-8H,9-10,17H2,1H3. The van der Waals surface area contributed by atoms with E-state index in [0.717, 1.165) is 16.9 Å².